The average molecular weight is 417 g/mol. The summed E-state index contributed by atoms with van der Waals surface area (Å²) in [5.74, 6) is -0.316. The first kappa shape index (κ1) is 15.4. The Labute approximate surface area is 145 Å². The van der Waals surface area contributed by atoms with Crippen molar-refractivity contribution < 1.29 is 4.79 Å². The largest absolute Gasteiger partial charge is 0.321 e. The Bertz CT molecular complexity index is 963. The molecule has 0 aliphatic carbocycles. The molecule has 1 aromatic heterocycles. The van der Waals surface area contributed by atoms with Crippen LogP contribution in [-0.2, 0) is 0 Å². The number of amides is 1. The first-order valence-electron chi connectivity index (χ1n) is 6.85. The third-order valence-corrected chi connectivity index (χ3v) is 4.21. The quantitative estimate of drug-likeness (QED) is 0.391. The molecule has 0 aliphatic heterocycles. The summed E-state index contributed by atoms with van der Waals surface area (Å²) in [6, 6.07) is 16.4. The van der Waals surface area contributed by atoms with Gasteiger partial charge in [0, 0.05) is 9.09 Å². The molecule has 0 unspecified atom stereocenters. The van der Waals surface area contributed by atoms with Gasteiger partial charge in [-0.25, -0.2) is 5.43 Å². The third kappa shape index (κ3) is 3.48. The SMILES string of the molecule is O=C(N/N=C\c1cc2ccccc2[nH]c1=O)c1ccccc1I. The number of halogens is 1. The number of pyridine rings is 1. The molecule has 1 amide bonds. The maximum absolute atomic E-state index is 12.0. The van der Waals surface area contributed by atoms with Crippen molar-refractivity contribution in [2.24, 2.45) is 5.10 Å². The van der Waals surface area contributed by atoms with Crippen molar-refractivity contribution in [3.8, 4) is 0 Å². The van der Waals surface area contributed by atoms with Crippen molar-refractivity contribution >= 4 is 45.6 Å². The number of aromatic amines is 1. The van der Waals surface area contributed by atoms with Crippen molar-refractivity contribution in [2.45, 2.75) is 0 Å². The molecular formula is C17H12IN3O2. The molecule has 2 aromatic carbocycles. The van der Waals surface area contributed by atoms with Gasteiger partial charge < -0.3 is 4.98 Å². The molecule has 6 heteroatoms. The molecule has 23 heavy (non-hydrogen) atoms. The number of hydrogen-bond donors (Lipinski definition) is 2. The fraction of sp³-hybridized carbons (Fsp3) is 0. The molecule has 0 fully saturated rings. The number of fused-ring (bicyclic) bond motifs is 1. The normalized spacial score (nSPS) is 11.0. The van der Waals surface area contributed by atoms with E-state index in [1.165, 1.54) is 6.21 Å². The number of carbonyl (C=O) groups excluding carboxylic acids is 1. The third-order valence-electron chi connectivity index (χ3n) is 3.27. The maximum Gasteiger partial charge on any atom is 0.272 e. The van der Waals surface area contributed by atoms with Crippen LogP contribution in [0.4, 0.5) is 0 Å². The summed E-state index contributed by atoms with van der Waals surface area (Å²) in [6.07, 6.45) is 1.35. The van der Waals surface area contributed by atoms with Crippen molar-refractivity contribution in [2.75, 3.05) is 0 Å². The van der Waals surface area contributed by atoms with E-state index in [4.69, 9.17) is 0 Å². The standard InChI is InChI=1S/C17H12IN3O2/c18-14-7-3-2-6-13(14)17(23)21-19-10-12-9-11-5-1-4-8-15(11)20-16(12)22/h1-10H,(H,20,22)(H,21,23)/b19-10-. The Hall–Kier alpha value is -2.48. The molecule has 1 heterocycles. The van der Waals surface area contributed by atoms with E-state index in [0.717, 1.165) is 14.5 Å². The van der Waals surface area contributed by atoms with Gasteiger partial charge in [0.25, 0.3) is 11.5 Å². The Balaban J connectivity index is 1.81. The first-order chi connectivity index (χ1) is 11.1. The molecule has 0 saturated carbocycles. The number of carbonyl (C=O) groups is 1. The molecule has 0 bridgehead atoms. The van der Waals surface area contributed by atoms with Gasteiger partial charge in [-0.2, -0.15) is 5.10 Å². The molecule has 0 radical (unpaired) electrons. The number of aromatic nitrogens is 1. The van der Waals surface area contributed by atoms with Crippen molar-refractivity contribution in [1.82, 2.24) is 10.4 Å². The van der Waals surface area contributed by atoms with Crippen LogP contribution in [0.3, 0.4) is 0 Å². The van der Waals surface area contributed by atoms with Gasteiger partial charge in [-0.05, 0) is 52.2 Å². The second kappa shape index (κ2) is 6.74. The summed E-state index contributed by atoms with van der Waals surface area (Å²) >= 11 is 2.09. The van der Waals surface area contributed by atoms with Crippen LogP contribution in [-0.4, -0.2) is 17.1 Å². The molecule has 3 aromatic rings. The van der Waals surface area contributed by atoms with Crippen LogP contribution in [0.1, 0.15) is 15.9 Å². The predicted molar refractivity (Wildman–Crippen MR) is 98.8 cm³/mol. The minimum absolute atomic E-state index is 0.254. The monoisotopic (exact) mass is 417 g/mol. The summed E-state index contributed by atoms with van der Waals surface area (Å²) < 4.78 is 0.835. The predicted octanol–water partition coefficient (Wildman–Crippen LogP) is 2.90. The Morgan fingerprint density at radius 3 is 2.70 bits per heavy atom. The highest BCUT2D eigenvalue weighted by Gasteiger charge is 2.07. The highest BCUT2D eigenvalue weighted by atomic mass is 127. The molecule has 5 nitrogen and oxygen atoms in total. The maximum atomic E-state index is 12.0. The molecule has 0 aliphatic rings. The average Bonchev–Trinajstić information content (AvgIpc) is 2.55. The van der Waals surface area contributed by atoms with Crippen molar-refractivity contribution in [1.29, 1.82) is 0 Å². The number of nitrogens with zero attached hydrogens (tertiary/aromatic N) is 1. The van der Waals surface area contributed by atoms with Gasteiger partial charge in [-0.3, -0.25) is 9.59 Å². The number of nitrogens with one attached hydrogen (secondary N) is 2. The molecule has 0 saturated heterocycles. The fourth-order valence-corrected chi connectivity index (χ4v) is 2.76. The van der Waals surface area contributed by atoms with E-state index in [1.54, 1.807) is 18.2 Å². The lowest BCUT2D eigenvalue weighted by Crippen LogP contribution is -2.20. The molecule has 0 atom stereocenters. The summed E-state index contributed by atoms with van der Waals surface area (Å²) in [5, 5.41) is 4.78. The van der Waals surface area contributed by atoms with Crippen LogP contribution in [0.5, 0.6) is 0 Å². The highest BCUT2D eigenvalue weighted by Crippen LogP contribution is 2.11. The zero-order chi connectivity index (χ0) is 16.2. The number of hydrazone groups is 1. The lowest BCUT2D eigenvalue weighted by molar-refractivity contribution is 0.0954. The number of benzene rings is 2. The van der Waals surface area contributed by atoms with Crippen LogP contribution in [0.25, 0.3) is 10.9 Å². The minimum Gasteiger partial charge on any atom is -0.321 e. The highest BCUT2D eigenvalue weighted by molar-refractivity contribution is 14.1. The summed E-state index contributed by atoms with van der Waals surface area (Å²) in [5.41, 5.74) is 3.87. The number of hydrogen-bond acceptors (Lipinski definition) is 3. The van der Waals surface area contributed by atoms with Gasteiger partial charge in [0.2, 0.25) is 0 Å². The van der Waals surface area contributed by atoms with E-state index in [9.17, 15) is 9.59 Å². The lowest BCUT2D eigenvalue weighted by Gasteiger charge is -2.02. The zero-order valence-corrected chi connectivity index (χ0v) is 14.1. The fourth-order valence-electron chi connectivity index (χ4n) is 2.13. The van der Waals surface area contributed by atoms with E-state index in [1.807, 2.05) is 36.4 Å². The topological polar surface area (TPSA) is 74.3 Å². The van der Waals surface area contributed by atoms with Crippen LogP contribution in [0.15, 0.2) is 64.5 Å². The minimum atomic E-state index is -0.316. The number of H-pyrrole nitrogens is 1. The van der Waals surface area contributed by atoms with E-state index >= 15 is 0 Å². The molecule has 114 valence electrons. The van der Waals surface area contributed by atoms with E-state index in [-0.39, 0.29) is 11.5 Å². The van der Waals surface area contributed by atoms with Gasteiger partial charge in [0.1, 0.15) is 0 Å². The van der Waals surface area contributed by atoms with Crippen molar-refractivity contribution in [3.63, 3.8) is 0 Å². The molecular weight excluding hydrogens is 405 g/mol. The van der Waals surface area contributed by atoms with Crippen LogP contribution < -0.4 is 11.0 Å². The van der Waals surface area contributed by atoms with E-state index < -0.39 is 0 Å². The van der Waals surface area contributed by atoms with E-state index in [2.05, 4.69) is 38.1 Å². The van der Waals surface area contributed by atoms with Gasteiger partial charge in [0.05, 0.1) is 17.3 Å². The van der Waals surface area contributed by atoms with Crippen LogP contribution >= 0.6 is 22.6 Å². The summed E-state index contributed by atoms with van der Waals surface area (Å²) in [6.45, 7) is 0. The summed E-state index contributed by atoms with van der Waals surface area (Å²) in [4.78, 5) is 26.8. The van der Waals surface area contributed by atoms with Crippen LogP contribution in [0, 0.1) is 3.57 Å². The van der Waals surface area contributed by atoms with Crippen LogP contribution in [0.2, 0.25) is 0 Å². The van der Waals surface area contributed by atoms with Gasteiger partial charge in [0.15, 0.2) is 0 Å². The lowest BCUT2D eigenvalue weighted by atomic mass is 10.2. The molecule has 0 spiro atoms. The van der Waals surface area contributed by atoms with Gasteiger partial charge in [-0.15, -0.1) is 0 Å². The first-order valence-corrected chi connectivity index (χ1v) is 7.93. The smallest absolute Gasteiger partial charge is 0.272 e. The second-order valence-corrected chi connectivity index (χ2v) is 5.98. The number of para-hydroxylation sites is 1. The van der Waals surface area contributed by atoms with Gasteiger partial charge >= 0.3 is 0 Å². The van der Waals surface area contributed by atoms with Gasteiger partial charge in [-0.1, -0.05) is 30.3 Å². The molecule has 2 N–H and O–H groups in total. The second-order valence-electron chi connectivity index (χ2n) is 4.82. The Morgan fingerprint density at radius 1 is 1.13 bits per heavy atom. The zero-order valence-electron chi connectivity index (χ0n) is 11.9. The Kier molecular flexibility index (Phi) is 4.52. The van der Waals surface area contributed by atoms with E-state index in [0.29, 0.717) is 11.1 Å². The molecule has 3 rings (SSSR count). The van der Waals surface area contributed by atoms with Crippen molar-refractivity contribution in [3.05, 3.63) is 79.6 Å². The Morgan fingerprint density at radius 2 is 1.87 bits per heavy atom. The summed E-state index contributed by atoms with van der Waals surface area (Å²) in [7, 11) is 0. The number of rotatable bonds is 3.